The van der Waals surface area contributed by atoms with Crippen LogP contribution in [0.15, 0.2) is 36.7 Å². The highest BCUT2D eigenvalue weighted by atomic mass is 35.5. The second-order valence-corrected chi connectivity index (χ2v) is 7.99. The van der Waals surface area contributed by atoms with Gasteiger partial charge in [-0.1, -0.05) is 23.7 Å². The van der Waals surface area contributed by atoms with Crippen molar-refractivity contribution in [3.63, 3.8) is 0 Å². The third-order valence-electron chi connectivity index (χ3n) is 4.35. The fourth-order valence-corrected chi connectivity index (χ4v) is 3.38. The fraction of sp³-hybridized carbons (Fsp3) is 0.375. The van der Waals surface area contributed by atoms with Gasteiger partial charge in [-0.05, 0) is 31.0 Å². The van der Waals surface area contributed by atoms with Crippen molar-refractivity contribution in [3.05, 3.63) is 53.1 Å². The van der Waals surface area contributed by atoms with Gasteiger partial charge in [0.15, 0.2) is 0 Å². The third-order valence-corrected chi connectivity index (χ3v) is 5.71. The summed E-state index contributed by atoms with van der Waals surface area (Å²) in [6, 6.07) is 6.90. The zero-order valence-electron chi connectivity index (χ0n) is 12.7. The van der Waals surface area contributed by atoms with Gasteiger partial charge in [-0.3, -0.25) is 4.79 Å². The van der Waals surface area contributed by atoms with Gasteiger partial charge in [0.1, 0.15) is 16.2 Å². The van der Waals surface area contributed by atoms with Gasteiger partial charge in [0.25, 0.3) is 0 Å². The Kier molecular flexibility index (Phi) is 4.11. The quantitative estimate of drug-likeness (QED) is 0.828. The molecule has 122 valence electrons. The van der Waals surface area contributed by atoms with Crippen LogP contribution in [0.25, 0.3) is 0 Å². The first kappa shape index (κ1) is 16.6. The van der Waals surface area contributed by atoms with Gasteiger partial charge < -0.3 is 9.88 Å². The molecule has 1 saturated carbocycles. The second kappa shape index (κ2) is 5.69. The number of carbonyl (C=O) groups is 1. The number of halogens is 3. The van der Waals surface area contributed by atoms with Gasteiger partial charge in [-0.25, -0.2) is 4.98 Å². The van der Waals surface area contributed by atoms with Crippen molar-refractivity contribution >= 4 is 40.7 Å². The van der Waals surface area contributed by atoms with E-state index in [1.807, 2.05) is 29.9 Å². The van der Waals surface area contributed by atoms with Crippen molar-refractivity contribution in [2.24, 2.45) is 12.5 Å². The van der Waals surface area contributed by atoms with Crippen LogP contribution in [0.4, 0.5) is 0 Å². The van der Waals surface area contributed by atoms with Crippen molar-refractivity contribution < 1.29 is 4.79 Å². The molecule has 23 heavy (non-hydrogen) atoms. The van der Waals surface area contributed by atoms with Gasteiger partial charge >= 0.3 is 0 Å². The van der Waals surface area contributed by atoms with Gasteiger partial charge in [0.05, 0.1) is 5.41 Å². The standard InChI is InChI=1S/C16H16Cl3N3O/c1-15(9-16(15,18)19)14(23)21-12(13-20-7-8-22(13)2)10-3-5-11(17)6-4-10/h3-8,12H,9H2,1-2H3,(H,21,23)/t12-,15+/m0/s1. The molecule has 0 aliphatic heterocycles. The van der Waals surface area contributed by atoms with E-state index < -0.39 is 15.8 Å². The minimum atomic E-state index is -1.01. The number of nitrogens with zero attached hydrogens (tertiary/aromatic N) is 2. The van der Waals surface area contributed by atoms with Crippen molar-refractivity contribution in [1.82, 2.24) is 14.9 Å². The van der Waals surface area contributed by atoms with Crippen LogP contribution in [-0.2, 0) is 11.8 Å². The molecule has 0 saturated heterocycles. The summed E-state index contributed by atoms with van der Waals surface area (Å²) >= 11 is 18.2. The molecule has 1 N–H and O–H groups in total. The third kappa shape index (κ3) is 2.95. The Bertz CT molecular complexity index is 741. The summed E-state index contributed by atoms with van der Waals surface area (Å²) in [4.78, 5) is 17.0. The van der Waals surface area contributed by atoms with Crippen LogP contribution in [0.2, 0.25) is 5.02 Å². The number of hydrogen-bond acceptors (Lipinski definition) is 2. The monoisotopic (exact) mass is 371 g/mol. The number of nitrogens with one attached hydrogen (secondary N) is 1. The van der Waals surface area contributed by atoms with Crippen LogP contribution in [-0.4, -0.2) is 19.8 Å². The zero-order valence-corrected chi connectivity index (χ0v) is 15.0. The molecule has 2 aromatic rings. The Labute approximate surface area is 149 Å². The topological polar surface area (TPSA) is 46.9 Å². The maximum atomic E-state index is 12.7. The number of amides is 1. The van der Waals surface area contributed by atoms with Gasteiger partial charge in [-0.2, -0.15) is 0 Å². The average Bonchev–Trinajstić information content (AvgIpc) is 2.81. The Morgan fingerprint density at radius 1 is 1.35 bits per heavy atom. The lowest BCUT2D eigenvalue weighted by molar-refractivity contribution is -0.126. The van der Waals surface area contributed by atoms with E-state index in [1.54, 1.807) is 25.3 Å². The van der Waals surface area contributed by atoms with E-state index in [0.29, 0.717) is 11.4 Å². The summed E-state index contributed by atoms with van der Waals surface area (Å²) in [5, 5.41) is 3.65. The van der Waals surface area contributed by atoms with Crippen molar-refractivity contribution in [1.29, 1.82) is 0 Å². The van der Waals surface area contributed by atoms with E-state index in [9.17, 15) is 4.79 Å². The van der Waals surface area contributed by atoms with Crippen molar-refractivity contribution in [2.45, 2.75) is 23.7 Å². The Hall–Kier alpha value is -1.23. The number of rotatable bonds is 4. The van der Waals surface area contributed by atoms with Crippen LogP contribution >= 0.6 is 34.8 Å². The van der Waals surface area contributed by atoms with Gasteiger partial charge in [0, 0.05) is 24.5 Å². The minimum absolute atomic E-state index is 0.189. The normalized spacial score (nSPS) is 23.3. The molecular formula is C16H16Cl3N3O. The minimum Gasteiger partial charge on any atom is -0.342 e. The van der Waals surface area contributed by atoms with E-state index >= 15 is 0 Å². The van der Waals surface area contributed by atoms with Crippen LogP contribution in [0, 0.1) is 5.41 Å². The lowest BCUT2D eigenvalue weighted by Crippen LogP contribution is -2.37. The summed E-state index contributed by atoms with van der Waals surface area (Å²) in [5.74, 6) is 0.533. The Morgan fingerprint density at radius 2 is 1.96 bits per heavy atom. The summed E-state index contributed by atoms with van der Waals surface area (Å²) in [5.41, 5.74) is 0.0995. The van der Waals surface area contributed by atoms with Gasteiger partial charge in [0.2, 0.25) is 5.91 Å². The maximum Gasteiger partial charge on any atom is 0.229 e. The maximum absolute atomic E-state index is 12.7. The second-order valence-electron chi connectivity index (χ2n) is 6.07. The molecule has 1 aromatic carbocycles. The summed E-state index contributed by atoms with van der Waals surface area (Å²) in [7, 11) is 1.88. The molecule has 0 radical (unpaired) electrons. The molecule has 0 spiro atoms. The van der Waals surface area contributed by atoms with E-state index in [4.69, 9.17) is 34.8 Å². The van der Waals surface area contributed by atoms with Crippen LogP contribution in [0.3, 0.4) is 0 Å². The van der Waals surface area contributed by atoms with Crippen LogP contribution in [0.5, 0.6) is 0 Å². The number of aryl methyl sites for hydroxylation is 1. The SMILES string of the molecule is Cn1ccnc1[C@@H](NC(=O)[C@@]1(C)CC1(Cl)Cl)c1ccc(Cl)cc1. The lowest BCUT2D eigenvalue weighted by atomic mass is 10.0. The molecule has 7 heteroatoms. The molecule has 1 heterocycles. The van der Waals surface area contributed by atoms with E-state index in [2.05, 4.69) is 10.3 Å². The fourth-order valence-electron chi connectivity index (χ4n) is 2.54. The Balaban J connectivity index is 1.92. The lowest BCUT2D eigenvalue weighted by Gasteiger charge is -2.22. The highest BCUT2D eigenvalue weighted by molar-refractivity contribution is 6.53. The number of aromatic nitrogens is 2. The predicted octanol–water partition coefficient (Wildman–Crippen LogP) is 3.86. The highest BCUT2D eigenvalue weighted by Crippen LogP contribution is 2.64. The molecule has 1 aliphatic carbocycles. The molecular weight excluding hydrogens is 357 g/mol. The first-order valence-electron chi connectivity index (χ1n) is 7.16. The molecule has 2 atom stereocenters. The van der Waals surface area contributed by atoms with Crippen LogP contribution in [0.1, 0.15) is 30.8 Å². The summed E-state index contributed by atoms with van der Waals surface area (Å²) < 4.78 is 0.854. The predicted molar refractivity (Wildman–Crippen MR) is 91.8 cm³/mol. The largest absolute Gasteiger partial charge is 0.342 e. The van der Waals surface area contributed by atoms with E-state index in [1.165, 1.54) is 0 Å². The smallest absolute Gasteiger partial charge is 0.229 e. The van der Waals surface area contributed by atoms with Crippen molar-refractivity contribution in [3.8, 4) is 0 Å². The van der Waals surface area contributed by atoms with Gasteiger partial charge in [-0.15, -0.1) is 23.2 Å². The van der Waals surface area contributed by atoms with Crippen molar-refractivity contribution in [2.75, 3.05) is 0 Å². The number of imidazole rings is 1. The average molecular weight is 373 g/mol. The zero-order chi connectivity index (χ0) is 16.8. The molecule has 1 aliphatic rings. The molecule has 0 bridgehead atoms. The Morgan fingerprint density at radius 3 is 2.43 bits per heavy atom. The molecule has 3 rings (SSSR count). The number of carbonyl (C=O) groups excluding carboxylic acids is 1. The van der Waals surface area contributed by atoms with Crippen LogP contribution < -0.4 is 5.32 Å². The summed E-state index contributed by atoms with van der Waals surface area (Å²) in [6.45, 7) is 1.76. The number of alkyl halides is 2. The molecule has 1 aromatic heterocycles. The highest BCUT2D eigenvalue weighted by Gasteiger charge is 2.68. The number of hydrogen-bond donors (Lipinski definition) is 1. The first-order valence-corrected chi connectivity index (χ1v) is 8.29. The molecule has 1 fully saturated rings. The van der Waals surface area contributed by atoms with E-state index in [-0.39, 0.29) is 5.91 Å². The first-order chi connectivity index (χ1) is 10.7. The number of benzene rings is 1. The molecule has 1 amide bonds. The molecule has 4 nitrogen and oxygen atoms in total. The van der Waals surface area contributed by atoms with E-state index in [0.717, 1.165) is 11.4 Å². The molecule has 0 unspecified atom stereocenters. The summed E-state index contributed by atoms with van der Waals surface area (Å²) in [6.07, 6.45) is 3.95.